The van der Waals surface area contributed by atoms with Gasteiger partial charge in [0.2, 0.25) is 0 Å². The highest BCUT2D eigenvalue weighted by Gasteiger charge is 2.49. The fraction of sp³-hybridized carbons (Fsp3) is 0.111. The maximum absolute atomic E-state index is 4.04. The summed E-state index contributed by atoms with van der Waals surface area (Å²) in [5, 5.41) is 2.59. The maximum Gasteiger partial charge on any atom is 0.275 e. The van der Waals surface area contributed by atoms with Crippen molar-refractivity contribution in [2.24, 2.45) is 0 Å². The molecule has 5 heteroatoms. The van der Waals surface area contributed by atoms with Crippen molar-refractivity contribution >= 4 is 79.3 Å². The highest BCUT2D eigenvalue weighted by molar-refractivity contribution is 7.01. The van der Waals surface area contributed by atoms with Crippen molar-refractivity contribution in [3.8, 4) is 16.8 Å². The number of nitrogens with one attached hydrogen (secondary N) is 1. The van der Waals surface area contributed by atoms with Crippen LogP contribution in [0.5, 0.6) is 0 Å². The Kier molecular flexibility index (Phi) is 5.37. The molecule has 0 fully saturated rings. The SMILES string of the molecule is Cc1cc2c3c(c1)N(c1ccc(C(C)(C)C)cc1)c1c(c4ccccc4n1-c1ccccc1)B3c1[nH]c3cccc4c3c1N2c1ccccc1-4. The van der Waals surface area contributed by atoms with Crippen molar-refractivity contribution < 1.29 is 0 Å². The Morgan fingerprint density at radius 2 is 1.30 bits per heavy atom. The quantitative estimate of drug-likeness (QED) is 0.190. The molecule has 1 N–H and O–H groups in total. The van der Waals surface area contributed by atoms with E-state index in [1.54, 1.807) is 0 Å². The normalized spacial score (nSPS) is 13.9. The third-order valence-electron chi connectivity index (χ3n) is 11.2. The van der Waals surface area contributed by atoms with Crippen molar-refractivity contribution in [1.29, 1.82) is 0 Å². The van der Waals surface area contributed by atoms with Crippen molar-refractivity contribution in [3.05, 3.63) is 145 Å². The van der Waals surface area contributed by atoms with E-state index in [0.717, 1.165) is 11.4 Å². The van der Waals surface area contributed by atoms with Crippen LogP contribution in [0.4, 0.5) is 34.3 Å². The number of aryl methyl sites for hydroxylation is 1. The summed E-state index contributed by atoms with van der Waals surface area (Å²) in [5.74, 6) is 1.20. The first-order valence-electron chi connectivity index (χ1n) is 17.7. The Bertz CT molecular complexity index is 2710. The predicted octanol–water partition coefficient (Wildman–Crippen LogP) is 9.78. The van der Waals surface area contributed by atoms with Crippen LogP contribution in [-0.2, 0) is 5.41 Å². The molecule has 3 aliphatic heterocycles. The summed E-state index contributed by atoms with van der Waals surface area (Å²) in [6.07, 6.45) is 0. The second kappa shape index (κ2) is 9.61. The number of fused-ring (bicyclic) bond motifs is 9. The number of nitrogens with zero attached hydrogens (tertiary/aromatic N) is 3. The van der Waals surface area contributed by atoms with Gasteiger partial charge in [-0.2, -0.15) is 0 Å². The van der Waals surface area contributed by atoms with Gasteiger partial charge in [0, 0.05) is 44.8 Å². The van der Waals surface area contributed by atoms with E-state index in [-0.39, 0.29) is 12.1 Å². The van der Waals surface area contributed by atoms with E-state index in [9.17, 15) is 0 Å². The Morgan fingerprint density at radius 3 is 2.10 bits per heavy atom. The van der Waals surface area contributed by atoms with Gasteiger partial charge in [-0.15, -0.1) is 0 Å². The van der Waals surface area contributed by atoms with Crippen LogP contribution in [0.2, 0.25) is 0 Å². The number of anilines is 6. The van der Waals surface area contributed by atoms with Crippen molar-refractivity contribution in [2.45, 2.75) is 33.1 Å². The number of hydrogen-bond donors (Lipinski definition) is 1. The summed E-state index contributed by atoms with van der Waals surface area (Å²) in [4.78, 5) is 9.15. The van der Waals surface area contributed by atoms with Crippen molar-refractivity contribution in [1.82, 2.24) is 9.55 Å². The van der Waals surface area contributed by atoms with Gasteiger partial charge in [-0.1, -0.05) is 99.6 Å². The lowest BCUT2D eigenvalue weighted by Crippen LogP contribution is -2.61. The van der Waals surface area contributed by atoms with E-state index in [1.807, 2.05) is 0 Å². The maximum atomic E-state index is 4.04. The molecule has 0 amide bonds. The number of aromatic amines is 1. The summed E-state index contributed by atoms with van der Waals surface area (Å²) < 4.78 is 2.49. The lowest BCUT2D eigenvalue weighted by Gasteiger charge is -2.44. The van der Waals surface area contributed by atoms with Crippen LogP contribution >= 0.6 is 0 Å². The first-order chi connectivity index (χ1) is 24.4. The number of benzene rings is 6. The first kappa shape index (κ1) is 28.0. The average molecular weight is 643 g/mol. The van der Waals surface area contributed by atoms with E-state index in [1.165, 1.54) is 89.1 Å². The lowest BCUT2D eigenvalue weighted by molar-refractivity contribution is 0.590. The van der Waals surface area contributed by atoms with Crippen LogP contribution in [0.3, 0.4) is 0 Å². The topological polar surface area (TPSA) is 27.2 Å². The molecule has 6 aromatic carbocycles. The zero-order valence-corrected chi connectivity index (χ0v) is 28.6. The monoisotopic (exact) mass is 642 g/mol. The number of hydrogen-bond acceptors (Lipinski definition) is 2. The number of H-pyrrole nitrogens is 1. The van der Waals surface area contributed by atoms with Gasteiger partial charge in [0.05, 0.1) is 16.9 Å². The van der Waals surface area contributed by atoms with Crippen molar-refractivity contribution in [2.75, 3.05) is 9.80 Å². The zero-order chi connectivity index (χ0) is 33.5. The molecule has 50 heavy (non-hydrogen) atoms. The molecule has 0 radical (unpaired) electrons. The Morgan fingerprint density at radius 1 is 0.600 bits per heavy atom. The van der Waals surface area contributed by atoms with Crippen LogP contribution < -0.4 is 26.3 Å². The lowest BCUT2D eigenvalue weighted by atomic mass is 9.35. The molecule has 2 aromatic heterocycles. The molecule has 11 rings (SSSR count). The fourth-order valence-corrected chi connectivity index (χ4v) is 9.12. The Labute approximate surface area is 292 Å². The molecule has 8 aromatic rings. The molecule has 0 bridgehead atoms. The predicted molar refractivity (Wildman–Crippen MR) is 212 cm³/mol. The summed E-state index contributed by atoms with van der Waals surface area (Å²) in [6, 6.07) is 49.7. The van der Waals surface area contributed by atoms with Crippen LogP contribution in [0.25, 0.3) is 38.6 Å². The van der Waals surface area contributed by atoms with Gasteiger partial charge in [-0.05, 0) is 99.9 Å². The van der Waals surface area contributed by atoms with Gasteiger partial charge in [-0.25, -0.2) is 0 Å². The molecule has 0 unspecified atom stereocenters. The van der Waals surface area contributed by atoms with Crippen molar-refractivity contribution in [3.63, 3.8) is 0 Å². The second-order valence-electron chi connectivity index (χ2n) is 15.2. The minimum atomic E-state index is 0.00678. The Hall–Kier alpha value is -5.94. The third kappa shape index (κ3) is 3.51. The standard InChI is InChI=1S/C45H35BN4/c1-27-25-37-41-38(26-27)50-35-19-10-8-15-31(35)32-17-12-18-34-39(32)42(50)43(47-34)46(41)40-33-16-9-11-20-36(33)48(29-13-6-5-7-14-29)44(40)49(37)30-23-21-28(22-24-30)45(2,3)4/h5-26,47H,1-4H3. The molecule has 0 aliphatic carbocycles. The minimum Gasteiger partial charge on any atom is -0.364 e. The third-order valence-corrected chi connectivity index (χ3v) is 11.2. The number of aromatic nitrogens is 2. The van der Waals surface area contributed by atoms with E-state index in [4.69, 9.17) is 0 Å². The molecular weight excluding hydrogens is 607 g/mol. The molecule has 5 heterocycles. The highest BCUT2D eigenvalue weighted by Crippen LogP contribution is 2.54. The smallest absolute Gasteiger partial charge is 0.275 e. The van der Waals surface area contributed by atoms with Gasteiger partial charge in [0.1, 0.15) is 5.82 Å². The number of para-hydroxylation sites is 3. The van der Waals surface area contributed by atoms with Gasteiger partial charge in [0.15, 0.2) is 0 Å². The zero-order valence-electron chi connectivity index (χ0n) is 28.6. The largest absolute Gasteiger partial charge is 0.364 e. The highest BCUT2D eigenvalue weighted by atomic mass is 15.3. The van der Waals surface area contributed by atoms with Crippen LogP contribution in [0.15, 0.2) is 133 Å². The first-order valence-corrected chi connectivity index (χ1v) is 17.7. The van der Waals surface area contributed by atoms with E-state index in [0.29, 0.717) is 0 Å². The van der Waals surface area contributed by atoms with Crippen LogP contribution in [0, 0.1) is 6.92 Å². The van der Waals surface area contributed by atoms with Gasteiger partial charge >= 0.3 is 0 Å². The minimum absolute atomic E-state index is 0.00678. The molecule has 238 valence electrons. The summed E-state index contributed by atoms with van der Waals surface area (Å²) >= 11 is 0. The van der Waals surface area contributed by atoms with Gasteiger partial charge in [0.25, 0.3) is 6.71 Å². The van der Waals surface area contributed by atoms with E-state index < -0.39 is 0 Å². The summed E-state index contributed by atoms with van der Waals surface area (Å²) in [7, 11) is 0. The number of rotatable bonds is 2. The molecule has 0 saturated heterocycles. The second-order valence-corrected chi connectivity index (χ2v) is 15.2. The molecular formula is C45H35BN4. The average Bonchev–Trinajstić information content (AvgIpc) is 3.68. The fourth-order valence-electron chi connectivity index (χ4n) is 9.12. The van der Waals surface area contributed by atoms with E-state index >= 15 is 0 Å². The molecule has 4 nitrogen and oxygen atoms in total. The molecule has 0 spiro atoms. The Balaban J connectivity index is 1.32. The van der Waals surface area contributed by atoms with Crippen LogP contribution in [0.1, 0.15) is 31.9 Å². The molecule has 0 atom stereocenters. The summed E-state index contributed by atoms with van der Waals surface area (Å²) in [6.45, 7) is 9.12. The summed E-state index contributed by atoms with van der Waals surface area (Å²) in [5.41, 5.74) is 18.9. The van der Waals surface area contributed by atoms with E-state index in [2.05, 4.69) is 181 Å². The van der Waals surface area contributed by atoms with Gasteiger partial charge < -0.3 is 9.88 Å². The molecule has 3 aliphatic rings. The molecule has 0 saturated carbocycles. The van der Waals surface area contributed by atoms with Crippen LogP contribution in [-0.4, -0.2) is 16.3 Å². The van der Waals surface area contributed by atoms with Gasteiger partial charge in [-0.3, -0.25) is 9.47 Å².